The van der Waals surface area contributed by atoms with Gasteiger partial charge in [-0.05, 0) is 65.3 Å². The van der Waals surface area contributed by atoms with Crippen LogP contribution in [0.15, 0.2) is 48.8 Å². The van der Waals surface area contributed by atoms with Crippen LogP contribution in [0.25, 0.3) is 16.7 Å². The van der Waals surface area contributed by atoms with Crippen LogP contribution in [0.4, 0.5) is 0 Å². The molecule has 3 heteroatoms. The van der Waals surface area contributed by atoms with E-state index in [1.165, 1.54) is 27.5 Å². The zero-order chi connectivity index (χ0) is 13.9. The van der Waals surface area contributed by atoms with Crippen molar-refractivity contribution in [2.45, 2.75) is 26.2 Å². The van der Waals surface area contributed by atoms with Gasteiger partial charge in [-0.25, -0.2) is 4.98 Å². The Labute approximate surface area is 133 Å². The smallest absolute Gasteiger partial charge is 0.100 e. The number of imidazole rings is 1. The maximum absolute atomic E-state index is 4.58. The Balaban J connectivity index is 2.09. The van der Waals surface area contributed by atoms with E-state index in [1.807, 2.05) is 12.4 Å². The normalized spacial score (nSPS) is 11.1. The predicted molar refractivity (Wildman–Crippen MR) is 92.4 cm³/mol. The number of rotatable bonds is 4. The molecule has 0 saturated heterocycles. The number of hydrogen-bond acceptors (Lipinski definition) is 1. The van der Waals surface area contributed by atoms with E-state index >= 15 is 0 Å². The summed E-state index contributed by atoms with van der Waals surface area (Å²) in [5.41, 5.74) is 4.85. The van der Waals surface area contributed by atoms with Gasteiger partial charge in [0.1, 0.15) is 6.33 Å². The van der Waals surface area contributed by atoms with Gasteiger partial charge in [0.2, 0.25) is 0 Å². The molecule has 0 bridgehead atoms. The van der Waals surface area contributed by atoms with E-state index < -0.39 is 0 Å². The second-order valence-electron chi connectivity index (χ2n) is 5.00. The van der Waals surface area contributed by atoms with Gasteiger partial charge in [-0.1, -0.05) is 31.5 Å². The summed E-state index contributed by atoms with van der Waals surface area (Å²) in [7, 11) is 0. The summed E-state index contributed by atoms with van der Waals surface area (Å²) >= 11 is 2.42. The van der Waals surface area contributed by atoms with Crippen LogP contribution in [0.2, 0.25) is 0 Å². The average molecular weight is 376 g/mol. The van der Waals surface area contributed by atoms with Gasteiger partial charge in [-0.15, -0.1) is 0 Å². The number of hydrogen-bond donors (Lipinski definition) is 0. The van der Waals surface area contributed by atoms with Crippen LogP contribution in [0.1, 0.15) is 25.3 Å². The van der Waals surface area contributed by atoms with Gasteiger partial charge in [-0.2, -0.15) is 0 Å². The van der Waals surface area contributed by atoms with E-state index in [1.54, 1.807) is 0 Å². The summed E-state index contributed by atoms with van der Waals surface area (Å²) in [6.45, 7) is 2.23. The van der Waals surface area contributed by atoms with Crippen molar-refractivity contribution in [1.29, 1.82) is 0 Å². The van der Waals surface area contributed by atoms with Crippen molar-refractivity contribution in [3.05, 3.63) is 57.9 Å². The van der Waals surface area contributed by atoms with Crippen molar-refractivity contribution < 1.29 is 0 Å². The highest BCUT2D eigenvalue weighted by molar-refractivity contribution is 14.1. The van der Waals surface area contributed by atoms with E-state index in [9.17, 15) is 0 Å². The number of aryl methyl sites for hydroxylation is 1. The monoisotopic (exact) mass is 376 g/mol. The number of nitrogens with zero attached hydrogens (tertiary/aromatic N) is 2. The molecule has 0 spiro atoms. The molecule has 0 fully saturated rings. The van der Waals surface area contributed by atoms with Crippen LogP contribution in [-0.4, -0.2) is 9.55 Å². The number of benzene rings is 2. The Morgan fingerprint density at radius 3 is 2.70 bits per heavy atom. The highest BCUT2D eigenvalue weighted by atomic mass is 127. The molecule has 0 radical (unpaired) electrons. The third-order valence-corrected chi connectivity index (χ3v) is 4.33. The number of para-hydroxylation sites is 1. The molecule has 0 N–H and O–H groups in total. The second kappa shape index (κ2) is 5.95. The van der Waals surface area contributed by atoms with Gasteiger partial charge < -0.3 is 0 Å². The molecule has 0 saturated carbocycles. The summed E-state index contributed by atoms with van der Waals surface area (Å²) in [4.78, 5) is 4.58. The van der Waals surface area contributed by atoms with Gasteiger partial charge in [0, 0.05) is 9.26 Å². The molecule has 3 aromatic rings. The van der Waals surface area contributed by atoms with Crippen molar-refractivity contribution >= 4 is 33.6 Å². The fraction of sp³-hybridized carbons (Fsp3) is 0.235. The van der Waals surface area contributed by atoms with E-state index in [0.717, 1.165) is 17.6 Å². The third-order valence-electron chi connectivity index (χ3n) is 3.51. The lowest BCUT2D eigenvalue weighted by atomic mass is 10.1. The lowest BCUT2D eigenvalue weighted by molar-refractivity contribution is 0.795. The topological polar surface area (TPSA) is 17.8 Å². The quantitative estimate of drug-likeness (QED) is 0.588. The Hall–Kier alpha value is -1.36. The molecule has 0 aliphatic carbocycles. The van der Waals surface area contributed by atoms with Crippen molar-refractivity contribution in [2.75, 3.05) is 0 Å². The molecular formula is C17H17IN2. The minimum absolute atomic E-state index is 1.09. The Morgan fingerprint density at radius 1 is 1.15 bits per heavy atom. The summed E-state index contributed by atoms with van der Waals surface area (Å²) in [6, 6.07) is 14.9. The van der Waals surface area contributed by atoms with Gasteiger partial charge in [0.05, 0.1) is 11.0 Å². The molecular weight excluding hydrogens is 359 g/mol. The maximum Gasteiger partial charge on any atom is 0.100 e. The van der Waals surface area contributed by atoms with Crippen molar-refractivity contribution in [1.82, 2.24) is 9.55 Å². The van der Waals surface area contributed by atoms with Crippen molar-refractivity contribution in [3.63, 3.8) is 0 Å². The van der Waals surface area contributed by atoms with Crippen LogP contribution >= 0.6 is 22.6 Å². The number of halogens is 1. The lowest BCUT2D eigenvalue weighted by Crippen LogP contribution is -1.94. The first-order chi connectivity index (χ1) is 9.79. The average Bonchev–Trinajstić information content (AvgIpc) is 2.90. The molecule has 20 heavy (non-hydrogen) atoms. The molecule has 0 aliphatic rings. The summed E-state index contributed by atoms with van der Waals surface area (Å²) in [5, 5.41) is 0. The molecule has 102 valence electrons. The zero-order valence-corrected chi connectivity index (χ0v) is 13.7. The fourth-order valence-electron chi connectivity index (χ4n) is 2.46. The second-order valence-corrected chi connectivity index (χ2v) is 6.16. The number of aromatic nitrogens is 2. The van der Waals surface area contributed by atoms with E-state index in [0.29, 0.717) is 0 Å². The Morgan fingerprint density at radius 2 is 1.95 bits per heavy atom. The van der Waals surface area contributed by atoms with Gasteiger partial charge in [0.25, 0.3) is 0 Å². The molecule has 0 unspecified atom stereocenters. The molecule has 2 nitrogen and oxygen atoms in total. The number of unbranched alkanes of at least 4 members (excludes halogenated alkanes) is 1. The van der Waals surface area contributed by atoms with Crippen LogP contribution in [0.5, 0.6) is 0 Å². The molecule has 1 aromatic heterocycles. The van der Waals surface area contributed by atoms with Gasteiger partial charge >= 0.3 is 0 Å². The Bertz CT molecular complexity index is 716. The SMILES string of the molecule is CCCCc1cc(I)c2c(c1)ncn2-c1ccccc1. The summed E-state index contributed by atoms with van der Waals surface area (Å²) in [5.74, 6) is 0. The molecule has 0 amide bonds. The molecule has 0 atom stereocenters. The van der Waals surface area contributed by atoms with Gasteiger partial charge in [0.15, 0.2) is 0 Å². The van der Waals surface area contributed by atoms with E-state index in [2.05, 4.69) is 75.5 Å². The lowest BCUT2D eigenvalue weighted by Gasteiger charge is -2.07. The molecule has 3 rings (SSSR count). The van der Waals surface area contributed by atoms with E-state index in [-0.39, 0.29) is 0 Å². The van der Waals surface area contributed by atoms with Crippen molar-refractivity contribution in [2.24, 2.45) is 0 Å². The first-order valence-corrected chi connectivity index (χ1v) is 8.08. The van der Waals surface area contributed by atoms with Crippen LogP contribution in [0, 0.1) is 3.57 Å². The van der Waals surface area contributed by atoms with Crippen molar-refractivity contribution in [3.8, 4) is 5.69 Å². The van der Waals surface area contributed by atoms with Crippen LogP contribution in [-0.2, 0) is 6.42 Å². The molecule has 2 aromatic carbocycles. The molecule has 1 heterocycles. The minimum atomic E-state index is 1.09. The first-order valence-electron chi connectivity index (χ1n) is 7.00. The highest BCUT2D eigenvalue weighted by Crippen LogP contribution is 2.25. The van der Waals surface area contributed by atoms with Gasteiger partial charge in [-0.3, -0.25) is 4.57 Å². The van der Waals surface area contributed by atoms with Crippen LogP contribution < -0.4 is 0 Å². The first kappa shape index (κ1) is 13.6. The summed E-state index contributed by atoms with van der Waals surface area (Å²) in [6.07, 6.45) is 5.53. The fourth-order valence-corrected chi connectivity index (χ4v) is 3.40. The maximum atomic E-state index is 4.58. The number of fused-ring (bicyclic) bond motifs is 1. The minimum Gasteiger partial charge on any atom is -0.298 e. The summed E-state index contributed by atoms with van der Waals surface area (Å²) < 4.78 is 3.44. The Kier molecular flexibility index (Phi) is 4.05. The third kappa shape index (κ3) is 2.59. The standard InChI is InChI=1S/C17H17IN2/c1-2-3-7-13-10-15(18)17-16(11-13)19-12-20(17)14-8-5-4-6-9-14/h4-6,8-12H,2-3,7H2,1H3. The largest absolute Gasteiger partial charge is 0.298 e. The highest BCUT2D eigenvalue weighted by Gasteiger charge is 2.09. The zero-order valence-electron chi connectivity index (χ0n) is 11.5. The van der Waals surface area contributed by atoms with E-state index in [4.69, 9.17) is 0 Å². The van der Waals surface area contributed by atoms with Crippen LogP contribution in [0.3, 0.4) is 0 Å². The molecule has 0 aliphatic heterocycles. The predicted octanol–water partition coefficient (Wildman–Crippen LogP) is 4.97.